The van der Waals surface area contributed by atoms with Gasteiger partial charge >= 0.3 is 0 Å². The average Bonchev–Trinajstić information content (AvgIpc) is 2.61. The summed E-state index contributed by atoms with van der Waals surface area (Å²) in [6.45, 7) is 4.80. The Bertz CT molecular complexity index is 793. The van der Waals surface area contributed by atoms with E-state index < -0.39 is 0 Å². The van der Waals surface area contributed by atoms with Gasteiger partial charge in [0, 0.05) is 37.1 Å². The molecule has 3 heterocycles. The molecule has 1 N–H and O–H groups in total. The predicted octanol–water partition coefficient (Wildman–Crippen LogP) is 1.96. The summed E-state index contributed by atoms with van der Waals surface area (Å²) in [4.78, 5) is 34.0. The number of pyridine rings is 2. The highest BCUT2D eigenvalue weighted by molar-refractivity contribution is 5.96. The lowest BCUT2D eigenvalue weighted by molar-refractivity contribution is -0.114. The van der Waals surface area contributed by atoms with E-state index >= 15 is 0 Å². The predicted molar refractivity (Wildman–Crippen MR) is 92.1 cm³/mol. The summed E-state index contributed by atoms with van der Waals surface area (Å²) in [5.41, 5.74) is 2.42. The van der Waals surface area contributed by atoms with Gasteiger partial charge in [0.2, 0.25) is 5.91 Å². The van der Waals surface area contributed by atoms with E-state index in [0.29, 0.717) is 31.1 Å². The standard InChI is InChI=1S/C18H20N4O3/c1-12-9-14(3-5-19-12)16-11-22(7-8-25-16)18(24)15-4-6-20-17(10-15)21-13(2)23/h3-6,9-10,16H,7-8,11H2,1-2H3,(H,20,21,23)/t16-/m0/s1. The van der Waals surface area contributed by atoms with E-state index in [0.717, 1.165) is 11.3 Å². The second-order valence-corrected chi connectivity index (χ2v) is 5.95. The Morgan fingerprint density at radius 2 is 2.04 bits per heavy atom. The van der Waals surface area contributed by atoms with Crippen molar-refractivity contribution in [1.29, 1.82) is 0 Å². The highest BCUT2D eigenvalue weighted by atomic mass is 16.5. The van der Waals surface area contributed by atoms with Crippen LogP contribution in [0, 0.1) is 6.92 Å². The van der Waals surface area contributed by atoms with Crippen molar-refractivity contribution < 1.29 is 14.3 Å². The molecule has 0 bridgehead atoms. The Morgan fingerprint density at radius 3 is 2.80 bits per heavy atom. The number of hydrogen-bond donors (Lipinski definition) is 1. The quantitative estimate of drug-likeness (QED) is 0.923. The normalized spacial score (nSPS) is 17.2. The molecule has 1 aliphatic rings. The fraction of sp³-hybridized carbons (Fsp3) is 0.333. The van der Waals surface area contributed by atoms with Crippen LogP contribution in [0.5, 0.6) is 0 Å². The van der Waals surface area contributed by atoms with Crippen molar-refractivity contribution in [2.75, 3.05) is 25.0 Å². The first-order valence-electron chi connectivity index (χ1n) is 8.10. The van der Waals surface area contributed by atoms with E-state index in [1.54, 1.807) is 23.2 Å². The number of aryl methyl sites for hydroxylation is 1. The van der Waals surface area contributed by atoms with Gasteiger partial charge in [0.05, 0.1) is 13.2 Å². The number of aromatic nitrogens is 2. The number of nitrogens with zero attached hydrogens (tertiary/aromatic N) is 3. The van der Waals surface area contributed by atoms with Crippen molar-refractivity contribution >= 4 is 17.6 Å². The molecular weight excluding hydrogens is 320 g/mol. The van der Waals surface area contributed by atoms with Crippen LogP contribution in [0.15, 0.2) is 36.7 Å². The summed E-state index contributed by atoms with van der Waals surface area (Å²) in [7, 11) is 0. The van der Waals surface area contributed by atoms with Crippen molar-refractivity contribution in [2.24, 2.45) is 0 Å². The van der Waals surface area contributed by atoms with E-state index in [-0.39, 0.29) is 17.9 Å². The number of ether oxygens (including phenoxy) is 1. The molecule has 1 saturated heterocycles. The van der Waals surface area contributed by atoms with Crippen LogP contribution in [-0.4, -0.2) is 46.4 Å². The van der Waals surface area contributed by atoms with E-state index in [1.807, 2.05) is 19.1 Å². The Labute approximate surface area is 146 Å². The minimum absolute atomic E-state index is 0.104. The van der Waals surface area contributed by atoms with Crippen LogP contribution in [0.3, 0.4) is 0 Å². The molecule has 7 nitrogen and oxygen atoms in total. The van der Waals surface area contributed by atoms with Gasteiger partial charge in [-0.3, -0.25) is 14.6 Å². The van der Waals surface area contributed by atoms with Crippen LogP contribution < -0.4 is 5.32 Å². The number of nitrogens with one attached hydrogen (secondary N) is 1. The van der Waals surface area contributed by atoms with Gasteiger partial charge < -0.3 is 15.0 Å². The lowest BCUT2D eigenvalue weighted by Crippen LogP contribution is -2.42. The third-order valence-corrected chi connectivity index (χ3v) is 3.96. The largest absolute Gasteiger partial charge is 0.370 e. The molecule has 0 spiro atoms. The molecule has 0 saturated carbocycles. The van der Waals surface area contributed by atoms with Gasteiger partial charge in [-0.15, -0.1) is 0 Å². The molecule has 1 fully saturated rings. The maximum absolute atomic E-state index is 12.8. The molecule has 2 amide bonds. The zero-order valence-electron chi connectivity index (χ0n) is 14.2. The smallest absolute Gasteiger partial charge is 0.254 e. The summed E-state index contributed by atoms with van der Waals surface area (Å²) in [5.74, 6) is 0.0394. The summed E-state index contributed by atoms with van der Waals surface area (Å²) in [6.07, 6.45) is 3.09. The molecule has 130 valence electrons. The van der Waals surface area contributed by atoms with Crippen LogP contribution >= 0.6 is 0 Å². The number of morpholine rings is 1. The first-order valence-corrected chi connectivity index (χ1v) is 8.10. The first-order chi connectivity index (χ1) is 12.0. The Morgan fingerprint density at radius 1 is 1.24 bits per heavy atom. The highest BCUT2D eigenvalue weighted by Crippen LogP contribution is 2.23. The summed E-state index contributed by atoms with van der Waals surface area (Å²) in [6, 6.07) is 7.12. The van der Waals surface area contributed by atoms with Gasteiger partial charge in [-0.1, -0.05) is 0 Å². The number of rotatable bonds is 3. The SMILES string of the molecule is CC(=O)Nc1cc(C(=O)N2CCO[C@H](c3ccnc(C)c3)C2)ccn1. The molecule has 0 unspecified atom stereocenters. The van der Waals surface area contributed by atoms with Gasteiger partial charge in [-0.05, 0) is 36.8 Å². The maximum atomic E-state index is 12.8. The zero-order valence-corrected chi connectivity index (χ0v) is 14.2. The second kappa shape index (κ2) is 7.40. The molecule has 0 aromatic carbocycles. The fourth-order valence-corrected chi connectivity index (χ4v) is 2.80. The molecule has 2 aromatic heterocycles. The van der Waals surface area contributed by atoms with Crippen LogP contribution in [-0.2, 0) is 9.53 Å². The average molecular weight is 340 g/mol. The lowest BCUT2D eigenvalue weighted by atomic mass is 10.1. The van der Waals surface area contributed by atoms with Gasteiger partial charge in [0.25, 0.3) is 5.91 Å². The maximum Gasteiger partial charge on any atom is 0.254 e. The zero-order chi connectivity index (χ0) is 17.8. The Hall–Kier alpha value is -2.80. The molecular formula is C18H20N4O3. The summed E-state index contributed by atoms with van der Waals surface area (Å²) >= 11 is 0. The monoisotopic (exact) mass is 340 g/mol. The third-order valence-electron chi connectivity index (χ3n) is 3.96. The van der Waals surface area contributed by atoms with Gasteiger partial charge in [0.15, 0.2) is 0 Å². The van der Waals surface area contributed by atoms with E-state index in [2.05, 4.69) is 15.3 Å². The van der Waals surface area contributed by atoms with Crippen molar-refractivity contribution in [2.45, 2.75) is 20.0 Å². The first kappa shape index (κ1) is 17.0. The highest BCUT2D eigenvalue weighted by Gasteiger charge is 2.26. The Balaban J connectivity index is 1.75. The van der Waals surface area contributed by atoms with E-state index in [1.165, 1.54) is 13.1 Å². The van der Waals surface area contributed by atoms with Crippen LogP contribution in [0.25, 0.3) is 0 Å². The molecule has 7 heteroatoms. The van der Waals surface area contributed by atoms with Crippen LogP contribution in [0.4, 0.5) is 5.82 Å². The van der Waals surface area contributed by atoms with E-state index in [4.69, 9.17) is 4.74 Å². The van der Waals surface area contributed by atoms with Crippen LogP contribution in [0.2, 0.25) is 0 Å². The fourth-order valence-electron chi connectivity index (χ4n) is 2.80. The number of carbonyl (C=O) groups excluding carboxylic acids is 2. The number of anilines is 1. The minimum Gasteiger partial charge on any atom is -0.370 e. The van der Waals surface area contributed by atoms with Gasteiger partial charge in [-0.25, -0.2) is 4.98 Å². The topological polar surface area (TPSA) is 84.4 Å². The van der Waals surface area contributed by atoms with Crippen molar-refractivity contribution in [1.82, 2.24) is 14.9 Å². The van der Waals surface area contributed by atoms with Crippen molar-refractivity contribution in [3.63, 3.8) is 0 Å². The molecule has 0 radical (unpaired) electrons. The molecule has 1 atom stereocenters. The number of amides is 2. The van der Waals surface area contributed by atoms with Crippen LogP contribution in [0.1, 0.15) is 34.6 Å². The molecule has 25 heavy (non-hydrogen) atoms. The second-order valence-electron chi connectivity index (χ2n) is 5.95. The van der Waals surface area contributed by atoms with Crippen molar-refractivity contribution in [3.8, 4) is 0 Å². The third kappa shape index (κ3) is 4.19. The Kier molecular flexibility index (Phi) is 5.04. The van der Waals surface area contributed by atoms with Gasteiger partial charge in [0.1, 0.15) is 11.9 Å². The van der Waals surface area contributed by atoms with Crippen molar-refractivity contribution in [3.05, 3.63) is 53.5 Å². The lowest BCUT2D eigenvalue weighted by Gasteiger charge is -2.33. The minimum atomic E-state index is -0.225. The summed E-state index contributed by atoms with van der Waals surface area (Å²) in [5, 5.41) is 2.59. The number of hydrogen-bond acceptors (Lipinski definition) is 5. The van der Waals surface area contributed by atoms with Gasteiger partial charge in [-0.2, -0.15) is 0 Å². The summed E-state index contributed by atoms with van der Waals surface area (Å²) < 4.78 is 5.82. The molecule has 1 aliphatic heterocycles. The molecule has 3 rings (SSSR count). The molecule has 2 aromatic rings. The molecule has 0 aliphatic carbocycles. The van der Waals surface area contributed by atoms with E-state index in [9.17, 15) is 9.59 Å². The number of carbonyl (C=O) groups is 2.